The molecule has 0 spiro atoms. The number of rotatable bonds is 4. The highest BCUT2D eigenvalue weighted by Gasteiger charge is 2.01. The average molecular weight is 218 g/mol. The van der Waals surface area contributed by atoms with Crippen LogP contribution < -0.4 is 15.8 Å². The Bertz CT molecular complexity index is 453. The molecule has 0 bridgehead atoms. The molecule has 84 valence electrons. The van der Waals surface area contributed by atoms with Crippen molar-refractivity contribution in [1.82, 2.24) is 10.2 Å². The minimum atomic E-state index is 0.650. The number of benzene rings is 1. The molecule has 0 saturated carbocycles. The van der Waals surface area contributed by atoms with Crippen molar-refractivity contribution in [3.8, 4) is 5.75 Å². The number of nitrogen functional groups attached to an aromatic ring is 1. The van der Waals surface area contributed by atoms with Crippen molar-refractivity contribution >= 4 is 11.4 Å². The highest BCUT2D eigenvalue weighted by Crippen LogP contribution is 2.24. The number of nitrogens with two attached hydrogens (primary N) is 1. The summed E-state index contributed by atoms with van der Waals surface area (Å²) in [5, 5.41) is 9.95. The lowest BCUT2D eigenvalue weighted by atomic mass is 10.2. The predicted molar refractivity (Wildman–Crippen MR) is 63.3 cm³/mol. The SMILES string of the molecule is COc1ccc(N)c(NCc2ccn[nH]2)c1. The first-order valence-corrected chi connectivity index (χ1v) is 4.95. The van der Waals surface area contributed by atoms with E-state index in [1.54, 1.807) is 13.3 Å². The summed E-state index contributed by atoms with van der Waals surface area (Å²) in [7, 11) is 1.63. The molecule has 0 radical (unpaired) electrons. The molecule has 1 aromatic carbocycles. The van der Waals surface area contributed by atoms with E-state index < -0.39 is 0 Å². The normalized spacial score (nSPS) is 10.1. The summed E-state index contributed by atoms with van der Waals surface area (Å²) in [6, 6.07) is 7.42. The van der Waals surface area contributed by atoms with Gasteiger partial charge >= 0.3 is 0 Å². The molecule has 0 fully saturated rings. The van der Waals surface area contributed by atoms with Gasteiger partial charge < -0.3 is 15.8 Å². The van der Waals surface area contributed by atoms with Crippen LogP contribution in [0.5, 0.6) is 5.75 Å². The second-order valence-corrected chi connectivity index (χ2v) is 3.39. The molecule has 0 aliphatic carbocycles. The Morgan fingerprint density at radius 2 is 2.31 bits per heavy atom. The molecule has 5 nitrogen and oxygen atoms in total. The van der Waals surface area contributed by atoms with Crippen LogP contribution in [0.4, 0.5) is 11.4 Å². The number of ether oxygens (including phenoxy) is 1. The molecule has 4 N–H and O–H groups in total. The van der Waals surface area contributed by atoms with Gasteiger partial charge in [0.25, 0.3) is 0 Å². The lowest BCUT2D eigenvalue weighted by Gasteiger charge is -2.09. The fourth-order valence-electron chi connectivity index (χ4n) is 1.39. The summed E-state index contributed by atoms with van der Waals surface area (Å²) in [5.74, 6) is 0.779. The Kier molecular flexibility index (Phi) is 2.95. The number of aromatic amines is 1. The zero-order valence-electron chi connectivity index (χ0n) is 9.03. The minimum absolute atomic E-state index is 0.650. The number of anilines is 2. The summed E-state index contributed by atoms with van der Waals surface area (Å²) >= 11 is 0. The van der Waals surface area contributed by atoms with Crippen molar-refractivity contribution in [2.45, 2.75) is 6.54 Å². The fourth-order valence-corrected chi connectivity index (χ4v) is 1.39. The highest BCUT2D eigenvalue weighted by molar-refractivity contribution is 5.68. The Labute approximate surface area is 93.6 Å². The molecule has 0 atom stereocenters. The summed E-state index contributed by atoms with van der Waals surface area (Å²) in [5.41, 5.74) is 8.39. The van der Waals surface area contributed by atoms with Gasteiger partial charge in [0.1, 0.15) is 5.75 Å². The van der Waals surface area contributed by atoms with Crippen molar-refractivity contribution in [2.24, 2.45) is 0 Å². The standard InChI is InChI=1S/C11H14N4O/c1-16-9-2-3-10(12)11(6-9)13-7-8-4-5-14-15-8/h2-6,13H,7,12H2,1H3,(H,14,15). The van der Waals surface area contributed by atoms with Crippen molar-refractivity contribution in [3.63, 3.8) is 0 Å². The molecule has 0 aliphatic rings. The molecule has 0 unspecified atom stereocenters. The maximum absolute atomic E-state index is 5.84. The Morgan fingerprint density at radius 1 is 1.44 bits per heavy atom. The van der Waals surface area contributed by atoms with Crippen LogP contribution in [-0.4, -0.2) is 17.3 Å². The monoisotopic (exact) mass is 218 g/mol. The number of methoxy groups -OCH3 is 1. The van der Waals surface area contributed by atoms with Crippen molar-refractivity contribution < 1.29 is 4.74 Å². The molecule has 0 aliphatic heterocycles. The molecule has 16 heavy (non-hydrogen) atoms. The molecule has 5 heteroatoms. The predicted octanol–water partition coefficient (Wildman–Crippen LogP) is 1.61. The number of H-pyrrole nitrogens is 1. The van der Waals surface area contributed by atoms with E-state index in [1.807, 2.05) is 24.3 Å². The molecule has 1 heterocycles. The topological polar surface area (TPSA) is 76.0 Å². The van der Waals surface area contributed by atoms with Crippen LogP contribution >= 0.6 is 0 Å². The van der Waals surface area contributed by atoms with Crippen LogP contribution in [0.1, 0.15) is 5.69 Å². The quantitative estimate of drug-likeness (QED) is 0.681. The number of nitrogens with one attached hydrogen (secondary N) is 2. The molecular formula is C11H14N4O. The van der Waals surface area contributed by atoms with Crippen molar-refractivity contribution in [3.05, 3.63) is 36.2 Å². The summed E-state index contributed by atoms with van der Waals surface area (Å²) in [6.07, 6.45) is 1.71. The van der Waals surface area contributed by atoms with Crippen molar-refractivity contribution in [1.29, 1.82) is 0 Å². The second-order valence-electron chi connectivity index (χ2n) is 3.39. The van der Waals surface area contributed by atoms with Gasteiger partial charge in [0.2, 0.25) is 0 Å². The van der Waals surface area contributed by atoms with E-state index >= 15 is 0 Å². The van der Waals surface area contributed by atoms with Gasteiger partial charge in [0.15, 0.2) is 0 Å². The van der Waals surface area contributed by atoms with Crippen LogP contribution in [0.3, 0.4) is 0 Å². The lowest BCUT2D eigenvalue weighted by Crippen LogP contribution is -2.03. The highest BCUT2D eigenvalue weighted by atomic mass is 16.5. The zero-order chi connectivity index (χ0) is 11.4. The molecule has 2 rings (SSSR count). The Morgan fingerprint density at radius 3 is 3.00 bits per heavy atom. The van der Waals surface area contributed by atoms with E-state index in [1.165, 1.54) is 0 Å². The van der Waals surface area contributed by atoms with E-state index in [0.717, 1.165) is 17.1 Å². The number of aromatic nitrogens is 2. The zero-order valence-corrected chi connectivity index (χ0v) is 9.03. The van der Waals surface area contributed by atoms with Crippen LogP contribution in [0, 0.1) is 0 Å². The van der Waals surface area contributed by atoms with E-state index in [0.29, 0.717) is 12.2 Å². The Hall–Kier alpha value is -2.17. The van der Waals surface area contributed by atoms with Gasteiger partial charge in [-0.3, -0.25) is 5.10 Å². The second kappa shape index (κ2) is 4.57. The molecular weight excluding hydrogens is 204 g/mol. The average Bonchev–Trinajstić information content (AvgIpc) is 2.81. The third-order valence-corrected chi connectivity index (χ3v) is 2.29. The molecule has 0 saturated heterocycles. The van der Waals surface area contributed by atoms with Gasteiger partial charge in [0, 0.05) is 12.3 Å². The molecule has 1 aromatic heterocycles. The van der Waals surface area contributed by atoms with Crippen LogP contribution in [0.2, 0.25) is 0 Å². The Balaban J connectivity index is 2.08. The fraction of sp³-hybridized carbons (Fsp3) is 0.182. The van der Waals surface area contributed by atoms with E-state index in [9.17, 15) is 0 Å². The lowest BCUT2D eigenvalue weighted by molar-refractivity contribution is 0.415. The maximum Gasteiger partial charge on any atom is 0.121 e. The summed E-state index contributed by atoms with van der Waals surface area (Å²) in [6.45, 7) is 0.650. The number of hydrogen-bond acceptors (Lipinski definition) is 4. The maximum atomic E-state index is 5.84. The summed E-state index contributed by atoms with van der Waals surface area (Å²) in [4.78, 5) is 0. The first-order valence-electron chi connectivity index (χ1n) is 4.95. The van der Waals surface area contributed by atoms with E-state index in [4.69, 9.17) is 10.5 Å². The number of hydrogen-bond donors (Lipinski definition) is 3. The first-order chi connectivity index (χ1) is 7.79. The first kappa shape index (κ1) is 10.4. The third-order valence-electron chi connectivity index (χ3n) is 2.29. The van der Waals surface area contributed by atoms with Gasteiger partial charge in [-0.05, 0) is 18.2 Å². The molecule has 0 amide bonds. The van der Waals surface area contributed by atoms with Crippen LogP contribution in [0.25, 0.3) is 0 Å². The van der Waals surface area contributed by atoms with Gasteiger partial charge in [-0.15, -0.1) is 0 Å². The minimum Gasteiger partial charge on any atom is -0.497 e. The van der Waals surface area contributed by atoms with Gasteiger partial charge in [-0.2, -0.15) is 5.10 Å². The van der Waals surface area contributed by atoms with E-state index in [2.05, 4.69) is 15.5 Å². The summed E-state index contributed by atoms with van der Waals surface area (Å²) < 4.78 is 5.13. The smallest absolute Gasteiger partial charge is 0.121 e. The van der Waals surface area contributed by atoms with Crippen molar-refractivity contribution in [2.75, 3.05) is 18.2 Å². The number of nitrogens with zero attached hydrogens (tertiary/aromatic N) is 1. The van der Waals surface area contributed by atoms with Gasteiger partial charge in [-0.1, -0.05) is 0 Å². The third kappa shape index (κ3) is 2.25. The van der Waals surface area contributed by atoms with Gasteiger partial charge in [-0.25, -0.2) is 0 Å². The van der Waals surface area contributed by atoms with Gasteiger partial charge in [0.05, 0.1) is 30.7 Å². The molecule has 2 aromatic rings. The van der Waals surface area contributed by atoms with Crippen LogP contribution in [-0.2, 0) is 6.54 Å². The van der Waals surface area contributed by atoms with E-state index in [-0.39, 0.29) is 0 Å². The van der Waals surface area contributed by atoms with Crippen LogP contribution in [0.15, 0.2) is 30.5 Å². The largest absolute Gasteiger partial charge is 0.497 e.